The molecule has 3 heterocycles. The third-order valence-electron chi connectivity index (χ3n) is 5.36. The Morgan fingerprint density at radius 2 is 2.09 bits per heavy atom. The van der Waals surface area contributed by atoms with Crippen LogP contribution in [0.4, 0.5) is 4.39 Å². The fraction of sp³-hybridized carbons (Fsp3) is 0.500. The monoisotopic (exact) mass is 468 g/mol. The number of aliphatic hydroxyl groups is 1. The summed E-state index contributed by atoms with van der Waals surface area (Å²) in [5.41, 5.74) is 0.703. The zero-order chi connectivity index (χ0) is 23.0. The molecule has 4 rings (SSSR count). The van der Waals surface area contributed by atoms with Crippen molar-refractivity contribution in [3.63, 3.8) is 0 Å². The van der Waals surface area contributed by atoms with Gasteiger partial charge in [-0.25, -0.2) is 9.40 Å². The number of hydrogen-bond donors (Lipinski definition) is 1. The highest BCUT2D eigenvalue weighted by Gasteiger charge is 2.53. The van der Waals surface area contributed by atoms with E-state index in [9.17, 15) is 19.1 Å². The van der Waals surface area contributed by atoms with Gasteiger partial charge in [-0.05, 0) is 24.3 Å². The number of aromatic nitrogens is 1. The summed E-state index contributed by atoms with van der Waals surface area (Å²) in [4.78, 5) is 23.2. The molecule has 1 unspecified atom stereocenters. The Balaban J connectivity index is 1.76. The lowest BCUT2D eigenvalue weighted by Crippen LogP contribution is -2.63. The second-order valence-electron chi connectivity index (χ2n) is 7.58. The first kappa shape index (κ1) is 22.4. The number of ether oxygens (including phenoxy) is 3. The Hall–Kier alpha value is -2.76. The van der Waals surface area contributed by atoms with Crippen LogP contribution in [0.15, 0.2) is 40.8 Å². The van der Waals surface area contributed by atoms with Crippen molar-refractivity contribution in [3.05, 3.63) is 35.5 Å². The van der Waals surface area contributed by atoms with Gasteiger partial charge in [0.15, 0.2) is 12.3 Å². The van der Waals surface area contributed by atoms with E-state index < -0.39 is 48.8 Å². The minimum absolute atomic E-state index is 0.221. The second kappa shape index (κ2) is 9.00. The average molecular weight is 469 g/mol. The van der Waals surface area contributed by atoms with Crippen LogP contribution in [0.3, 0.4) is 0 Å². The van der Waals surface area contributed by atoms with Crippen molar-refractivity contribution in [1.82, 2.24) is 9.58 Å². The smallest absolute Gasteiger partial charge is 0.303 e. The van der Waals surface area contributed by atoms with Crippen LogP contribution in [0.5, 0.6) is 0 Å². The molecule has 0 aliphatic carbocycles. The van der Waals surface area contributed by atoms with Gasteiger partial charge in [0.1, 0.15) is 31.4 Å². The van der Waals surface area contributed by atoms with Crippen LogP contribution in [0.2, 0.25) is 5.02 Å². The fourth-order valence-corrected chi connectivity index (χ4v) is 4.23. The molecule has 1 aromatic heterocycles. The number of halogens is 2. The van der Waals surface area contributed by atoms with Crippen molar-refractivity contribution in [1.29, 1.82) is 0 Å². The number of alkyl halides is 1. The number of benzene rings is 1. The molecule has 2 aliphatic heterocycles. The van der Waals surface area contributed by atoms with Crippen molar-refractivity contribution >= 4 is 34.4 Å². The van der Waals surface area contributed by atoms with Crippen LogP contribution in [0.25, 0.3) is 10.9 Å². The van der Waals surface area contributed by atoms with Gasteiger partial charge in [-0.2, -0.15) is 5.11 Å². The number of fused-ring (bicyclic) bond motifs is 1. The predicted molar refractivity (Wildman–Crippen MR) is 109 cm³/mol. The van der Waals surface area contributed by atoms with Crippen molar-refractivity contribution < 1.29 is 33.3 Å². The summed E-state index contributed by atoms with van der Waals surface area (Å²) in [7, 11) is 0. The van der Waals surface area contributed by atoms with Gasteiger partial charge in [-0.15, -0.1) is 0 Å². The van der Waals surface area contributed by atoms with Gasteiger partial charge in [0.2, 0.25) is 6.30 Å². The highest BCUT2D eigenvalue weighted by molar-refractivity contribution is 6.31. The van der Waals surface area contributed by atoms with E-state index in [1.54, 1.807) is 35.0 Å². The van der Waals surface area contributed by atoms with Crippen molar-refractivity contribution in [2.45, 2.75) is 50.7 Å². The molecule has 0 spiro atoms. The maximum atomic E-state index is 14.6. The van der Waals surface area contributed by atoms with Crippen LogP contribution in [0, 0.1) is 0 Å². The highest BCUT2D eigenvalue weighted by atomic mass is 35.5. The predicted octanol–water partition coefficient (Wildman–Crippen LogP) is 2.39. The molecule has 1 fully saturated rings. The first-order chi connectivity index (χ1) is 15.3. The van der Waals surface area contributed by atoms with E-state index in [0.29, 0.717) is 10.5 Å². The summed E-state index contributed by atoms with van der Waals surface area (Å²) in [6.45, 7) is 1.91. The summed E-state index contributed by atoms with van der Waals surface area (Å²) in [6.07, 6.45) is -4.53. The maximum Gasteiger partial charge on any atom is 0.303 e. The molecule has 0 saturated carbocycles. The zero-order valence-corrected chi connectivity index (χ0v) is 18.1. The molecule has 1 saturated heterocycles. The van der Waals surface area contributed by atoms with Crippen LogP contribution in [0.1, 0.15) is 20.1 Å². The molecule has 0 amide bonds. The lowest BCUT2D eigenvalue weighted by atomic mass is 9.94. The topological polar surface area (TPSA) is 115 Å². The van der Waals surface area contributed by atoms with Crippen molar-refractivity contribution in [2.75, 3.05) is 13.2 Å². The van der Waals surface area contributed by atoms with E-state index in [-0.39, 0.29) is 13.2 Å². The van der Waals surface area contributed by atoms with E-state index in [1.165, 1.54) is 13.8 Å². The third-order valence-corrected chi connectivity index (χ3v) is 5.60. The highest BCUT2D eigenvalue weighted by Crippen LogP contribution is 2.37. The van der Waals surface area contributed by atoms with Crippen molar-refractivity contribution in [3.8, 4) is 0 Å². The Morgan fingerprint density at radius 3 is 2.75 bits per heavy atom. The molecule has 32 heavy (non-hydrogen) atoms. The summed E-state index contributed by atoms with van der Waals surface area (Å²) < 4.78 is 32.8. The number of nitrogens with zero attached hydrogens (tertiary/aromatic N) is 4. The number of carbonyl (C=O) groups excluding carboxylic acids is 2. The molecule has 2 aliphatic rings. The van der Waals surface area contributed by atoms with E-state index >= 15 is 0 Å². The molecule has 12 heteroatoms. The van der Waals surface area contributed by atoms with E-state index in [4.69, 9.17) is 25.8 Å². The molecule has 10 nitrogen and oxygen atoms in total. The standard InChI is InChI=1S/C20H22ClFN4O6/c1-10(27)30-9-15-19(31-11(2)28)17(26-16(22)8-23-24-26)18(29)20(32-15)25-6-5-12-7-13(21)3-4-14(12)25/h3-7,15-20,29H,8-9H2,1-2H3/t15-,16?,17-,18-,19+,20-/m1/s1. The number of carbonyl (C=O) groups is 2. The molecule has 2 aromatic rings. The molecule has 172 valence electrons. The minimum Gasteiger partial charge on any atom is -0.463 e. The molecular formula is C20H22ClFN4O6. The van der Waals surface area contributed by atoms with E-state index in [2.05, 4.69) is 10.3 Å². The summed E-state index contributed by atoms with van der Waals surface area (Å²) in [6, 6.07) is 5.85. The first-order valence-corrected chi connectivity index (χ1v) is 10.3. The minimum atomic E-state index is -1.62. The van der Waals surface area contributed by atoms with Crippen LogP contribution >= 0.6 is 11.6 Å². The Labute approximate surface area is 187 Å². The zero-order valence-electron chi connectivity index (χ0n) is 17.3. The second-order valence-corrected chi connectivity index (χ2v) is 8.01. The molecule has 1 aromatic carbocycles. The summed E-state index contributed by atoms with van der Waals surface area (Å²) in [5, 5.41) is 21.1. The molecule has 6 atom stereocenters. The number of aliphatic hydroxyl groups excluding tert-OH is 1. The Bertz CT molecular complexity index is 1050. The van der Waals surface area contributed by atoms with Gasteiger partial charge < -0.3 is 23.9 Å². The van der Waals surface area contributed by atoms with Crippen molar-refractivity contribution in [2.24, 2.45) is 10.3 Å². The lowest BCUT2D eigenvalue weighted by molar-refractivity contribution is -0.251. The van der Waals surface area contributed by atoms with Gasteiger partial charge in [0.05, 0.1) is 5.52 Å². The van der Waals surface area contributed by atoms with Crippen LogP contribution < -0.4 is 0 Å². The normalized spacial score (nSPS) is 30.0. The summed E-state index contributed by atoms with van der Waals surface area (Å²) in [5.74, 6) is -1.24. The average Bonchev–Trinajstić information content (AvgIpc) is 3.33. The van der Waals surface area contributed by atoms with Gasteiger partial charge in [0.25, 0.3) is 0 Å². The quantitative estimate of drug-likeness (QED) is 0.529. The third kappa shape index (κ3) is 4.27. The Kier molecular flexibility index (Phi) is 6.31. The van der Waals surface area contributed by atoms with Gasteiger partial charge in [-0.1, -0.05) is 16.8 Å². The fourth-order valence-electron chi connectivity index (χ4n) is 4.05. The Morgan fingerprint density at radius 1 is 1.31 bits per heavy atom. The number of rotatable bonds is 5. The molecular weight excluding hydrogens is 447 g/mol. The van der Waals surface area contributed by atoms with Crippen LogP contribution in [-0.4, -0.2) is 70.4 Å². The lowest BCUT2D eigenvalue weighted by Gasteiger charge is -2.46. The molecule has 1 N–H and O–H groups in total. The molecule has 0 radical (unpaired) electrons. The SMILES string of the molecule is CC(=O)OC[C@H]1O[C@@H](n2ccc3cc(Cl)ccc32)[C@H](O)[C@@H](N2N=NCC2F)[C@H]1OC(C)=O. The van der Waals surface area contributed by atoms with Gasteiger partial charge in [-0.3, -0.25) is 9.59 Å². The first-order valence-electron chi connectivity index (χ1n) is 9.96. The van der Waals surface area contributed by atoms with E-state index in [0.717, 1.165) is 10.4 Å². The van der Waals surface area contributed by atoms with Gasteiger partial charge >= 0.3 is 11.9 Å². The largest absolute Gasteiger partial charge is 0.463 e. The number of esters is 2. The maximum absolute atomic E-state index is 14.6. The molecule has 0 bridgehead atoms. The van der Waals surface area contributed by atoms with Crippen LogP contribution in [-0.2, 0) is 23.8 Å². The van der Waals surface area contributed by atoms with E-state index in [1.807, 2.05) is 0 Å². The summed E-state index contributed by atoms with van der Waals surface area (Å²) >= 11 is 6.07. The van der Waals surface area contributed by atoms with Gasteiger partial charge in [0, 0.05) is 30.5 Å². The number of hydrogen-bond acceptors (Lipinski definition) is 9.